The van der Waals surface area contributed by atoms with E-state index in [0.29, 0.717) is 18.0 Å². The first kappa shape index (κ1) is 14.7. The second-order valence-electron chi connectivity index (χ2n) is 2.39. The molecule has 0 unspecified atom stereocenters. The maximum absolute atomic E-state index is 11.6. The minimum atomic E-state index is -4.72. The fraction of sp³-hybridized carbons (Fsp3) is 0.667. The molecule has 0 aliphatic heterocycles. The van der Waals surface area contributed by atoms with Gasteiger partial charge in [0.15, 0.2) is 0 Å². The van der Waals surface area contributed by atoms with Crippen LogP contribution >= 0.6 is 0 Å². The Labute approximate surface area is 108 Å². The van der Waals surface area contributed by atoms with Crippen molar-refractivity contribution in [3.63, 3.8) is 0 Å². The van der Waals surface area contributed by atoms with Crippen molar-refractivity contribution in [2.45, 2.75) is 26.7 Å². The third-order valence-electron chi connectivity index (χ3n) is 1.12. The van der Waals surface area contributed by atoms with E-state index < -0.39 is 6.98 Å². The van der Waals surface area contributed by atoms with E-state index in [4.69, 9.17) is 0 Å². The standard InChI is InChI=1S/C6H11BF3.K/c1-3-4-6(2)5-7(8,9)10;/h5H,3-4H2,1-2H3;/q-1;+1/b6-5+;. The molecule has 0 atom stereocenters. The van der Waals surface area contributed by atoms with Crippen LogP contribution in [0.5, 0.6) is 0 Å². The van der Waals surface area contributed by atoms with Crippen molar-refractivity contribution in [1.82, 2.24) is 0 Å². The summed E-state index contributed by atoms with van der Waals surface area (Å²) in [5.74, 6) is 0.420. The van der Waals surface area contributed by atoms with E-state index in [-0.39, 0.29) is 51.4 Å². The summed E-state index contributed by atoms with van der Waals surface area (Å²) in [5.41, 5.74) is 0.426. The fourth-order valence-electron chi connectivity index (χ4n) is 0.800. The minimum Gasteiger partial charge on any atom is -0.445 e. The van der Waals surface area contributed by atoms with Gasteiger partial charge in [0.1, 0.15) is 0 Å². The molecule has 0 aliphatic rings. The Kier molecular flexibility index (Phi) is 9.00. The van der Waals surface area contributed by atoms with Crippen LogP contribution < -0.4 is 51.4 Å². The first-order chi connectivity index (χ1) is 4.45. The van der Waals surface area contributed by atoms with Crippen molar-refractivity contribution in [2.24, 2.45) is 0 Å². The molecular weight excluding hydrogens is 179 g/mol. The summed E-state index contributed by atoms with van der Waals surface area (Å²) in [6, 6.07) is 0. The van der Waals surface area contributed by atoms with Crippen molar-refractivity contribution < 1.29 is 64.3 Å². The Morgan fingerprint density at radius 3 is 2.09 bits per heavy atom. The third kappa shape index (κ3) is 11.2. The molecule has 0 radical (unpaired) electrons. The summed E-state index contributed by atoms with van der Waals surface area (Å²) in [5, 5.41) is 0. The van der Waals surface area contributed by atoms with Crippen LogP contribution in [0.1, 0.15) is 26.7 Å². The van der Waals surface area contributed by atoms with Crippen molar-refractivity contribution in [3.05, 3.63) is 11.5 Å². The molecule has 5 heteroatoms. The van der Waals surface area contributed by atoms with Gasteiger partial charge >= 0.3 is 58.4 Å². The predicted molar refractivity (Wildman–Crippen MR) is 37.7 cm³/mol. The third-order valence-corrected chi connectivity index (χ3v) is 1.12. The van der Waals surface area contributed by atoms with Crippen molar-refractivity contribution in [1.29, 1.82) is 0 Å². The Balaban J connectivity index is 0. The van der Waals surface area contributed by atoms with Crippen LogP contribution in [0.25, 0.3) is 0 Å². The summed E-state index contributed by atoms with van der Waals surface area (Å²) in [4.78, 5) is 0. The first-order valence-electron chi connectivity index (χ1n) is 3.34. The van der Waals surface area contributed by atoms with E-state index in [1.165, 1.54) is 6.92 Å². The number of hydrogen-bond donors (Lipinski definition) is 0. The molecule has 11 heavy (non-hydrogen) atoms. The van der Waals surface area contributed by atoms with Gasteiger partial charge in [0.05, 0.1) is 0 Å². The average molecular weight is 190 g/mol. The maximum atomic E-state index is 11.6. The quantitative estimate of drug-likeness (QED) is 0.554. The van der Waals surface area contributed by atoms with Gasteiger partial charge in [-0.3, -0.25) is 0 Å². The SMILES string of the molecule is CCC/C(C)=C/[B-](F)(F)F.[K+]. The summed E-state index contributed by atoms with van der Waals surface area (Å²) >= 11 is 0. The summed E-state index contributed by atoms with van der Waals surface area (Å²) in [7, 11) is 0. The van der Waals surface area contributed by atoms with E-state index in [1.54, 1.807) is 0 Å². The van der Waals surface area contributed by atoms with Crippen LogP contribution in [0.15, 0.2) is 11.5 Å². The molecule has 0 fully saturated rings. The molecule has 0 N–H and O–H groups in total. The summed E-state index contributed by atoms with van der Waals surface area (Å²) in [6.07, 6.45) is 1.32. The maximum Gasteiger partial charge on any atom is 1.00 e. The van der Waals surface area contributed by atoms with Crippen LogP contribution in [0.2, 0.25) is 0 Å². The number of allylic oxidation sites excluding steroid dienone is 1. The Hall–Kier alpha value is 1.23. The van der Waals surface area contributed by atoms with Crippen LogP contribution in [0.3, 0.4) is 0 Å². The predicted octanol–water partition coefficient (Wildman–Crippen LogP) is 0.123. The molecule has 0 aromatic heterocycles. The van der Waals surface area contributed by atoms with E-state index >= 15 is 0 Å². The Bertz CT molecular complexity index is 130. The zero-order valence-electron chi connectivity index (χ0n) is 7.20. The second-order valence-corrected chi connectivity index (χ2v) is 2.39. The second kappa shape index (κ2) is 6.72. The van der Waals surface area contributed by atoms with E-state index in [1.807, 2.05) is 6.92 Å². The number of halogens is 3. The van der Waals surface area contributed by atoms with Gasteiger partial charge in [-0.05, 0) is 13.3 Å². The average Bonchev–Trinajstić information content (AvgIpc) is 1.59. The molecule has 0 rings (SSSR count). The van der Waals surface area contributed by atoms with E-state index in [0.717, 1.165) is 6.42 Å². The van der Waals surface area contributed by atoms with Gasteiger partial charge < -0.3 is 12.9 Å². The van der Waals surface area contributed by atoms with E-state index in [2.05, 4.69) is 0 Å². The molecule has 0 bridgehead atoms. The smallest absolute Gasteiger partial charge is 0.445 e. The first-order valence-corrected chi connectivity index (χ1v) is 3.34. The molecule has 0 spiro atoms. The van der Waals surface area contributed by atoms with Crippen molar-refractivity contribution in [2.75, 3.05) is 0 Å². The topological polar surface area (TPSA) is 0 Å². The van der Waals surface area contributed by atoms with Gasteiger partial charge in [0.2, 0.25) is 0 Å². The van der Waals surface area contributed by atoms with Gasteiger partial charge in [-0.25, -0.2) is 0 Å². The molecule has 60 valence electrons. The molecule has 0 saturated heterocycles. The van der Waals surface area contributed by atoms with Crippen LogP contribution in [0.4, 0.5) is 12.9 Å². The van der Waals surface area contributed by atoms with Crippen molar-refractivity contribution >= 4 is 6.98 Å². The van der Waals surface area contributed by atoms with Crippen LogP contribution in [0, 0.1) is 0 Å². The zero-order chi connectivity index (χ0) is 8.20. The van der Waals surface area contributed by atoms with E-state index in [9.17, 15) is 12.9 Å². The monoisotopic (exact) mass is 190 g/mol. The number of hydrogen-bond acceptors (Lipinski definition) is 0. The largest absolute Gasteiger partial charge is 1.00 e. The number of rotatable bonds is 3. The van der Waals surface area contributed by atoms with Gasteiger partial charge in [-0.2, -0.15) is 0 Å². The van der Waals surface area contributed by atoms with Gasteiger partial charge in [0, 0.05) is 0 Å². The Morgan fingerprint density at radius 1 is 1.36 bits per heavy atom. The van der Waals surface area contributed by atoms with Gasteiger partial charge in [-0.1, -0.05) is 13.3 Å². The van der Waals surface area contributed by atoms with Gasteiger partial charge in [-0.15, -0.1) is 11.5 Å². The van der Waals surface area contributed by atoms with Gasteiger partial charge in [0.25, 0.3) is 0 Å². The summed E-state index contributed by atoms with van der Waals surface area (Å²) in [6.45, 7) is -1.34. The molecule has 0 aromatic rings. The molecule has 0 heterocycles. The molecule has 0 aliphatic carbocycles. The zero-order valence-corrected chi connectivity index (χ0v) is 10.3. The molecule has 0 nitrogen and oxygen atoms in total. The fourth-order valence-corrected chi connectivity index (χ4v) is 0.800. The molecule has 0 saturated carbocycles. The molecular formula is C6H11BF3K. The van der Waals surface area contributed by atoms with Crippen molar-refractivity contribution in [3.8, 4) is 0 Å². The van der Waals surface area contributed by atoms with Crippen LogP contribution in [-0.4, -0.2) is 6.98 Å². The molecule has 0 amide bonds. The minimum absolute atomic E-state index is 0. The molecule has 0 aromatic carbocycles. The van der Waals surface area contributed by atoms with Crippen LogP contribution in [-0.2, 0) is 0 Å². The summed E-state index contributed by atoms with van der Waals surface area (Å²) < 4.78 is 34.8. The Morgan fingerprint density at radius 2 is 1.82 bits per heavy atom. The normalized spacial score (nSPS) is 12.6.